The van der Waals surface area contributed by atoms with Gasteiger partial charge in [0.1, 0.15) is 0 Å². The third-order valence-electron chi connectivity index (χ3n) is 6.85. The van der Waals surface area contributed by atoms with Gasteiger partial charge >= 0.3 is 5.69 Å². The Hall–Kier alpha value is -3.97. The van der Waals surface area contributed by atoms with E-state index in [1.54, 1.807) is 13.8 Å². The zero-order valence-electron chi connectivity index (χ0n) is 19.5. The van der Waals surface area contributed by atoms with Crippen LogP contribution in [0.2, 0.25) is 0 Å². The number of hydrogen-bond donors (Lipinski definition) is 1. The number of aromatic nitrogens is 5. The van der Waals surface area contributed by atoms with Crippen molar-refractivity contribution >= 4 is 27.4 Å². The Labute approximate surface area is 197 Å². The summed E-state index contributed by atoms with van der Waals surface area (Å²) in [6, 6.07) is 12.8. The molecule has 0 aliphatic carbocycles. The van der Waals surface area contributed by atoms with Crippen molar-refractivity contribution in [2.24, 2.45) is 21.1 Å². The lowest BCUT2D eigenvalue weighted by molar-refractivity contribution is 0.738. The van der Waals surface area contributed by atoms with E-state index >= 15 is 0 Å². The van der Waals surface area contributed by atoms with E-state index in [0.717, 1.165) is 69.3 Å². The SMILES string of the molecule is Cn1cc(-c2cc3cccc(-c4cc(C5=CCNCC5)c5c(c4)n(C)c(=O)n5C)c3cn2)cn1. The minimum Gasteiger partial charge on any atom is -0.313 e. The molecule has 0 radical (unpaired) electrons. The largest absolute Gasteiger partial charge is 0.328 e. The Morgan fingerprint density at radius 3 is 2.62 bits per heavy atom. The average molecular weight is 451 g/mol. The van der Waals surface area contributed by atoms with Gasteiger partial charge < -0.3 is 5.32 Å². The van der Waals surface area contributed by atoms with Crippen molar-refractivity contribution in [1.29, 1.82) is 0 Å². The quantitative estimate of drug-likeness (QED) is 0.453. The molecule has 5 aromatic rings. The molecular formula is C27H26N6O. The number of hydrogen-bond acceptors (Lipinski definition) is 4. The molecule has 34 heavy (non-hydrogen) atoms. The third-order valence-corrected chi connectivity index (χ3v) is 6.85. The van der Waals surface area contributed by atoms with Gasteiger partial charge in [0, 0.05) is 56.6 Å². The Morgan fingerprint density at radius 1 is 0.971 bits per heavy atom. The van der Waals surface area contributed by atoms with Crippen LogP contribution in [0.3, 0.4) is 0 Å². The number of benzene rings is 2. The second kappa shape index (κ2) is 7.81. The zero-order chi connectivity index (χ0) is 23.4. The van der Waals surface area contributed by atoms with Crippen LogP contribution in [0.1, 0.15) is 12.0 Å². The van der Waals surface area contributed by atoms with Crippen LogP contribution < -0.4 is 11.0 Å². The van der Waals surface area contributed by atoms with E-state index in [2.05, 4.69) is 52.9 Å². The topological polar surface area (TPSA) is 69.7 Å². The highest BCUT2D eigenvalue weighted by molar-refractivity contribution is 6.01. The van der Waals surface area contributed by atoms with Crippen LogP contribution in [0.5, 0.6) is 0 Å². The van der Waals surface area contributed by atoms with Crippen LogP contribution in [-0.4, -0.2) is 37.0 Å². The predicted molar refractivity (Wildman–Crippen MR) is 137 cm³/mol. The van der Waals surface area contributed by atoms with Crippen LogP contribution in [-0.2, 0) is 21.1 Å². The second-order valence-electron chi connectivity index (χ2n) is 8.97. The number of imidazole rings is 1. The predicted octanol–water partition coefficient (Wildman–Crippen LogP) is 3.87. The summed E-state index contributed by atoms with van der Waals surface area (Å²) < 4.78 is 5.30. The molecule has 6 rings (SSSR count). The number of aryl methyl sites for hydroxylation is 3. The van der Waals surface area contributed by atoms with Gasteiger partial charge in [-0.3, -0.25) is 18.8 Å². The molecule has 0 spiro atoms. The molecule has 0 saturated carbocycles. The van der Waals surface area contributed by atoms with Gasteiger partial charge in [-0.05, 0) is 53.3 Å². The molecule has 3 aromatic heterocycles. The van der Waals surface area contributed by atoms with Gasteiger partial charge in [-0.25, -0.2) is 4.79 Å². The van der Waals surface area contributed by atoms with E-state index < -0.39 is 0 Å². The fourth-order valence-electron chi connectivity index (χ4n) is 5.05. The fraction of sp³-hybridized carbons (Fsp3) is 0.222. The van der Waals surface area contributed by atoms with Gasteiger partial charge in [-0.2, -0.15) is 5.10 Å². The summed E-state index contributed by atoms with van der Waals surface area (Å²) in [6.07, 6.45) is 8.93. The van der Waals surface area contributed by atoms with Crippen molar-refractivity contribution in [3.8, 4) is 22.4 Å². The van der Waals surface area contributed by atoms with E-state index in [-0.39, 0.29) is 5.69 Å². The summed E-state index contributed by atoms with van der Waals surface area (Å²) in [5.41, 5.74) is 8.42. The molecular weight excluding hydrogens is 424 g/mol. The Balaban J connectivity index is 1.59. The summed E-state index contributed by atoms with van der Waals surface area (Å²) in [5, 5.41) is 9.87. The summed E-state index contributed by atoms with van der Waals surface area (Å²) in [4.78, 5) is 17.6. The highest BCUT2D eigenvalue weighted by Crippen LogP contribution is 2.36. The maximum Gasteiger partial charge on any atom is 0.328 e. The van der Waals surface area contributed by atoms with Crippen LogP contribution in [0.4, 0.5) is 0 Å². The fourth-order valence-corrected chi connectivity index (χ4v) is 5.05. The lowest BCUT2D eigenvalue weighted by atomic mass is 9.92. The van der Waals surface area contributed by atoms with Crippen molar-refractivity contribution < 1.29 is 0 Å². The monoisotopic (exact) mass is 450 g/mol. The van der Waals surface area contributed by atoms with E-state index in [0.29, 0.717) is 0 Å². The maximum absolute atomic E-state index is 12.8. The van der Waals surface area contributed by atoms with E-state index in [1.165, 1.54) is 5.57 Å². The number of nitrogens with zero attached hydrogens (tertiary/aromatic N) is 5. The molecule has 0 amide bonds. The highest BCUT2D eigenvalue weighted by atomic mass is 16.1. The second-order valence-corrected chi connectivity index (χ2v) is 8.97. The Kier molecular flexibility index (Phi) is 4.74. The minimum absolute atomic E-state index is 0.0105. The molecule has 4 heterocycles. The maximum atomic E-state index is 12.8. The molecule has 1 N–H and O–H groups in total. The average Bonchev–Trinajstić information content (AvgIpc) is 3.40. The normalized spacial score (nSPS) is 14.1. The number of nitrogens with one attached hydrogen (secondary N) is 1. The molecule has 0 bridgehead atoms. The van der Waals surface area contributed by atoms with Gasteiger partial charge in [-0.15, -0.1) is 0 Å². The summed E-state index contributed by atoms with van der Waals surface area (Å²) in [5.74, 6) is 0. The van der Waals surface area contributed by atoms with Crippen LogP contribution in [0.15, 0.2) is 65.9 Å². The van der Waals surface area contributed by atoms with Crippen molar-refractivity contribution in [2.75, 3.05) is 13.1 Å². The van der Waals surface area contributed by atoms with Crippen molar-refractivity contribution in [2.45, 2.75) is 6.42 Å². The van der Waals surface area contributed by atoms with Crippen LogP contribution >= 0.6 is 0 Å². The van der Waals surface area contributed by atoms with Gasteiger partial charge in [0.25, 0.3) is 0 Å². The first kappa shape index (κ1) is 20.6. The molecule has 1 aliphatic rings. The smallest absolute Gasteiger partial charge is 0.313 e. The number of fused-ring (bicyclic) bond motifs is 2. The lowest BCUT2D eigenvalue weighted by Gasteiger charge is -2.17. The molecule has 1 aliphatic heterocycles. The first-order valence-electron chi connectivity index (χ1n) is 11.5. The summed E-state index contributed by atoms with van der Waals surface area (Å²) in [6.45, 7) is 1.78. The summed E-state index contributed by atoms with van der Waals surface area (Å²) >= 11 is 0. The minimum atomic E-state index is -0.0105. The van der Waals surface area contributed by atoms with Gasteiger partial charge in [0.2, 0.25) is 0 Å². The Morgan fingerprint density at radius 2 is 1.85 bits per heavy atom. The van der Waals surface area contributed by atoms with Gasteiger partial charge in [-0.1, -0.05) is 24.3 Å². The van der Waals surface area contributed by atoms with Crippen LogP contribution in [0, 0.1) is 0 Å². The molecule has 170 valence electrons. The standard InChI is InChI=1S/C27H26N6O/c1-31-16-20(14-30-31)24-12-18-5-4-6-21(23(18)15-29-24)19-11-22(17-7-9-28-10-8-17)26-25(13-19)32(2)27(34)33(26)3/h4-7,11-16,28H,8-10H2,1-3H3. The number of pyridine rings is 1. The van der Waals surface area contributed by atoms with E-state index in [9.17, 15) is 4.79 Å². The third kappa shape index (κ3) is 3.20. The van der Waals surface area contributed by atoms with E-state index in [1.807, 2.05) is 39.7 Å². The van der Waals surface area contributed by atoms with E-state index in [4.69, 9.17) is 4.98 Å². The van der Waals surface area contributed by atoms with Crippen LogP contribution in [0.25, 0.3) is 49.8 Å². The molecule has 7 heteroatoms. The highest BCUT2D eigenvalue weighted by Gasteiger charge is 2.19. The van der Waals surface area contributed by atoms with Crippen molar-refractivity contribution in [1.82, 2.24) is 29.2 Å². The van der Waals surface area contributed by atoms with Crippen molar-refractivity contribution in [3.05, 3.63) is 77.1 Å². The molecule has 7 nitrogen and oxygen atoms in total. The first-order valence-corrected chi connectivity index (χ1v) is 11.5. The van der Waals surface area contributed by atoms with Crippen molar-refractivity contribution in [3.63, 3.8) is 0 Å². The molecule has 0 saturated heterocycles. The molecule has 0 fully saturated rings. The zero-order valence-corrected chi connectivity index (χ0v) is 19.5. The molecule has 2 aromatic carbocycles. The summed E-state index contributed by atoms with van der Waals surface area (Å²) in [7, 11) is 5.61. The molecule has 0 unspecified atom stereocenters. The van der Waals surface area contributed by atoms with Gasteiger partial charge in [0.15, 0.2) is 0 Å². The van der Waals surface area contributed by atoms with Gasteiger partial charge in [0.05, 0.1) is 22.9 Å². The lowest BCUT2D eigenvalue weighted by Crippen LogP contribution is -2.21. The first-order chi connectivity index (χ1) is 16.5. The Bertz CT molecular complexity index is 1670. The number of rotatable bonds is 3. The molecule has 0 atom stereocenters.